The minimum Gasteiger partial charge on any atom is -0.463 e. The van der Waals surface area contributed by atoms with Crippen LogP contribution >= 0.6 is 0 Å². The molecule has 12 heteroatoms. The van der Waals surface area contributed by atoms with Gasteiger partial charge in [0.2, 0.25) is 10.0 Å². The zero-order valence-electron chi connectivity index (χ0n) is 19.8. The Morgan fingerprint density at radius 1 is 0.895 bits per heavy atom. The Kier molecular flexibility index (Phi) is 6.49. The van der Waals surface area contributed by atoms with Gasteiger partial charge in [0, 0.05) is 5.69 Å². The molecule has 11 nitrogen and oxygen atoms in total. The Hall–Kier alpha value is -4.81. The molecule has 1 atom stereocenters. The van der Waals surface area contributed by atoms with Gasteiger partial charge in [0.15, 0.2) is 17.6 Å². The number of carbonyl (C=O) groups excluding carboxylic acids is 2. The third-order valence-corrected chi connectivity index (χ3v) is 6.44. The maximum absolute atomic E-state index is 12.8. The molecular weight excluding hydrogens is 512 g/mol. The fourth-order valence-electron chi connectivity index (χ4n) is 3.61. The number of hydrogen-bond donors (Lipinski definition) is 2. The molecule has 3 N–H and O–H groups in total. The molecule has 2 aromatic carbocycles. The molecule has 0 saturated carbocycles. The number of esters is 1. The van der Waals surface area contributed by atoms with Crippen molar-refractivity contribution in [1.29, 1.82) is 0 Å². The SMILES string of the molecule is CC(OC(=O)c1ccc2nc(-c3ccco3)c(-c3ccco3)nc2c1)C(=O)Nc1ccc(S(N)(=O)=O)cc1. The lowest BCUT2D eigenvalue weighted by Gasteiger charge is -2.14. The highest BCUT2D eigenvalue weighted by molar-refractivity contribution is 7.89. The van der Waals surface area contributed by atoms with Gasteiger partial charge in [0.1, 0.15) is 11.4 Å². The molecule has 38 heavy (non-hydrogen) atoms. The van der Waals surface area contributed by atoms with E-state index in [0.29, 0.717) is 39.6 Å². The van der Waals surface area contributed by atoms with Gasteiger partial charge < -0.3 is 18.9 Å². The second kappa shape index (κ2) is 9.92. The number of primary sulfonamides is 1. The summed E-state index contributed by atoms with van der Waals surface area (Å²) in [5.41, 5.74) is 2.31. The number of anilines is 1. The minimum absolute atomic E-state index is 0.0964. The maximum atomic E-state index is 12.8. The van der Waals surface area contributed by atoms with Crippen LogP contribution in [0, 0.1) is 0 Å². The van der Waals surface area contributed by atoms with E-state index in [0.717, 1.165) is 0 Å². The van der Waals surface area contributed by atoms with Crippen molar-refractivity contribution in [2.45, 2.75) is 17.9 Å². The summed E-state index contributed by atoms with van der Waals surface area (Å²) in [6, 6.07) is 16.9. The van der Waals surface area contributed by atoms with Gasteiger partial charge in [-0.05, 0) is 73.7 Å². The van der Waals surface area contributed by atoms with E-state index in [9.17, 15) is 18.0 Å². The predicted octanol–water partition coefficient (Wildman–Crippen LogP) is 3.98. The quantitative estimate of drug-likeness (QED) is 0.295. The van der Waals surface area contributed by atoms with E-state index in [1.165, 1.54) is 55.8 Å². The van der Waals surface area contributed by atoms with Crippen molar-refractivity contribution >= 4 is 38.6 Å². The van der Waals surface area contributed by atoms with E-state index < -0.39 is 28.0 Å². The molecule has 0 saturated heterocycles. The van der Waals surface area contributed by atoms with Crippen LogP contribution < -0.4 is 10.5 Å². The molecule has 3 heterocycles. The van der Waals surface area contributed by atoms with E-state index in [1.807, 2.05) is 0 Å². The summed E-state index contributed by atoms with van der Waals surface area (Å²) in [5.74, 6) is -0.365. The minimum atomic E-state index is -3.86. The Morgan fingerprint density at radius 3 is 2.05 bits per heavy atom. The predicted molar refractivity (Wildman–Crippen MR) is 136 cm³/mol. The van der Waals surface area contributed by atoms with Gasteiger partial charge in [0.25, 0.3) is 5.91 Å². The first-order chi connectivity index (χ1) is 18.2. The number of furan rings is 2. The third kappa shape index (κ3) is 5.16. The Labute approximate surface area is 216 Å². The first-order valence-corrected chi connectivity index (χ1v) is 12.8. The number of nitrogens with two attached hydrogens (primary N) is 1. The number of carbonyl (C=O) groups is 2. The third-order valence-electron chi connectivity index (χ3n) is 5.51. The first-order valence-electron chi connectivity index (χ1n) is 11.2. The summed E-state index contributed by atoms with van der Waals surface area (Å²) in [7, 11) is -3.86. The summed E-state index contributed by atoms with van der Waals surface area (Å²) >= 11 is 0. The first kappa shape index (κ1) is 24.9. The second-order valence-corrected chi connectivity index (χ2v) is 9.75. The Bertz CT molecular complexity index is 1730. The van der Waals surface area contributed by atoms with Crippen molar-refractivity contribution in [3.8, 4) is 22.9 Å². The Morgan fingerprint density at radius 2 is 1.50 bits per heavy atom. The molecule has 1 amide bonds. The molecule has 0 aliphatic heterocycles. The van der Waals surface area contributed by atoms with Crippen molar-refractivity contribution in [3.05, 3.63) is 84.8 Å². The standard InChI is InChI=1S/C26H20N4O7S/c1-15(25(31)28-17-7-9-18(10-8-17)38(27,33)34)37-26(32)16-6-11-19-20(14-16)30-24(22-5-3-13-36-22)23(29-19)21-4-2-12-35-21/h2-15H,1H3,(H,28,31)(H2,27,33,34). The van der Waals surface area contributed by atoms with Gasteiger partial charge in [-0.15, -0.1) is 0 Å². The average Bonchev–Trinajstić information content (AvgIpc) is 3.62. The maximum Gasteiger partial charge on any atom is 0.338 e. The van der Waals surface area contributed by atoms with Gasteiger partial charge in [-0.3, -0.25) is 4.79 Å². The van der Waals surface area contributed by atoms with Crippen LogP contribution in [0.1, 0.15) is 17.3 Å². The zero-order valence-corrected chi connectivity index (χ0v) is 20.6. The monoisotopic (exact) mass is 532 g/mol. The number of fused-ring (bicyclic) bond motifs is 1. The van der Waals surface area contributed by atoms with Gasteiger partial charge in [-0.1, -0.05) is 0 Å². The van der Waals surface area contributed by atoms with Crippen LogP contribution in [0.4, 0.5) is 5.69 Å². The van der Waals surface area contributed by atoms with Crippen LogP contribution in [-0.2, 0) is 19.6 Å². The number of benzene rings is 2. The molecule has 0 bridgehead atoms. The number of sulfonamides is 1. The summed E-state index contributed by atoms with van der Waals surface area (Å²) in [4.78, 5) is 34.6. The lowest BCUT2D eigenvalue weighted by atomic mass is 10.1. The van der Waals surface area contributed by atoms with Crippen molar-refractivity contribution in [2.24, 2.45) is 5.14 Å². The highest BCUT2D eigenvalue weighted by Gasteiger charge is 2.21. The van der Waals surface area contributed by atoms with E-state index >= 15 is 0 Å². The van der Waals surface area contributed by atoms with Crippen LogP contribution in [0.5, 0.6) is 0 Å². The largest absolute Gasteiger partial charge is 0.463 e. The number of rotatable bonds is 7. The van der Waals surface area contributed by atoms with E-state index in [4.69, 9.17) is 18.7 Å². The fraction of sp³-hybridized carbons (Fsp3) is 0.0769. The lowest BCUT2D eigenvalue weighted by Crippen LogP contribution is -2.30. The molecule has 5 rings (SSSR count). The van der Waals surface area contributed by atoms with Crippen LogP contribution in [0.25, 0.3) is 33.9 Å². The zero-order chi connectivity index (χ0) is 26.9. The normalized spacial score (nSPS) is 12.3. The van der Waals surface area contributed by atoms with Gasteiger partial charge in [-0.2, -0.15) is 0 Å². The molecule has 3 aromatic heterocycles. The summed E-state index contributed by atoms with van der Waals surface area (Å²) < 4.78 is 39.1. The highest BCUT2D eigenvalue weighted by atomic mass is 32.2. The van der Waals surface area contributed by atoms with Gasteiger partial charge in [0.05, 0.1) is 34.0 Å². The number of aromatic nitrogens is 2. The second-order valence-electron chi connectivity index (χ2n) is 8.19. The van der Waals surface area contributed by atoms with Crippen LogP contribution in [0.3, 0.4) is 0 Å². The molecule has 0 radical (unpaired) electrons. The number of nitrogens with zero attached hydrogens (tertiary/aromatic N) is 2. The smallest absolute Gasteiger partial charge is 0.338 e. The number of amides is 1. The van der Waals surface area contributed by atoms with Crippen molar-refractivity contribution in [3.63, 3.8) is 0 Å². The summed E-state index contributed by atoms with van der Waals surface area (Å²) in [6.07, 6.45) is 1.90. The Balaban J connectivity index is 1.35. The highest BCUT2D eigenvalue weighted by Crippen LogP contribution is 2.31. The van der Waals surface area contributed by atoms with Gasteiger partial charge in [-0.25, -0.2) is 28.3 Å². The molecule has 0 spiro atoms. The number of ether oxygens (including phenoxy) is 1. The molecule has 5 aromatic rings. The molecule has 0 aliphatic carbocycles. The van der Waals surface area contributed by atoms with Crippen LogP contribution in [0.15, 0.2) is 93.0 Å². The van der Waals surface area contributed by atoms with E-state index in [-0.39, 0.29) is 10.5 Å². The summed E-state index contributed by atoms with van der Waals surface area (Å²) in [5, 5.41) is 7.63. The topological polar surface area (TPSA) is 168 Å². The number of hydrogen-bond acceptors (Lipinski definition) is 9. The molecular formula is C26H20N4O7S. The van der Waals surface area contributed by atoms with Crippen LogP contribution in [0.2, 0.25) is 0 Å². The molecule has 0 fully saturated rings. The molecule has 1 unspecified atom stereocenters. The van der Waals surface area contributed by atoms with Crippen molar-refractivity contribution in [1.82, 2.24) is 9.97 Å². The van der Waals surface area contributed by atoms with Crippen molar-refractivity contribution in [2.75, 3.05) is 5.32 Å². The average molecular weight is 533 g/mol. The van der Waals surface area contributed by atoms with E-state index in [2.05, 4.69) is 15.3 Å². The lowest BCUT2D eigenvalue weighted by molar-refractivity contribution is -0.123. The fourth-order valence-corrected chi connectivity index (χ4v) is 4.12. The van der Waals surface area contributed by atoms with E-state index in [1.54, 1.807) is 30.3 Å². The van der Waals surface area contributed by atoms with Gasteiger partial charge >= 0.3 is 5.97 Å². The summed E-state index contributed by atoms with van der Waals surface area (Å²) in [6.45, 7) is 1.41. The van der Waals surface area contributed by atoms with Crippen molar-refractivity contribution < 1.29 is 31.6 Å². The van der Waals surface area contributed by atoms with Crippen LogP contribution in [-0.4, -0.2) is 36.4 Å². The molecule has 0 aliphatic rings. The molecule has 192 valence electrons. The number of nitrogens with one attached hydrogen (secondary N) is 1.